The van der Waals surface area contributed by atoms with Crippen molar-refractivity contribution in [3.63, 3.8) is 0 Å². The molecular formula is C22H14FN3O3. The quantitative estimate of drug-likeness (QED) is 0.539. The average Bonchev–Trinajstić information content (AvgIpc) is 2.72. The number of nitrogens with zero attached hydrogens (tertiary/aromatic N) is 3. The Morgan fingerprint density at radius 3 is 2.66 bits per heavy atom. The van der Waals surface area contributed by atoms with Gasteiger partial charge in [-0.3, -0.25) is 9.36 Å². The first kappa shape index (κ1) is 18.2. The fraction of sp³-hybridized carbons (Fsp3) is 0. The molecule has 7 heteroatoms. The third-order valence-electron chi connectivity index (χ3n) is 4.33. The van der Waals surface area contributed by atoms with E-state index in [1.807, 2.05) is 0 Å². The second kappa shape index (κ2) is 7.47. The lowest BCUT2D eigenvalue weighted by Gasteiger charge is -2.12. The van der Waals surface area contributed by atoms with Gasteiger partial charge in [-0.05, 0) is 48.0 Å². The standard InChI is InChI=1S/C22H14FN3O3/c23-19-12-14(10-11-24-19)8-9-20-25-18-7-2-1-6-17(18)21(27)26(20)16-5-3-4-15(13-16)22(28)29/h1-13H,(H,28,29)/b9-8+. The van der Waals surface area contributed by atoms with E-state index >= 15 is 0 Å². The van der Waals surface area contributed by atoms with E-state index in [2.05, 4.69) is 9.97 Å². The molecule has 29 heavy (non-hydrogen) atoms. The van der Waals surface area contributed by atoms with Crippen molar-refractivity contribution < 1.29 is 14.3 Å². The topological polar surface area (TPSA) is 85.1 Å². The zero-order chi connectivity index (χ0) is 20.4. The number of para-hydroxylation sites is 1. The summed E-state index contributed by atoms with van der Waals surface area (Å²) in [6, 6.07) is 15.8. The molecule has 0 atom stereocenters. The van der Waals surface area contributed by atoms with E-state index in [9.17, 15) is 19.1 Å². The number of halogens is 1. The molecule has 4 rings (SSSR count). The summed E-state index contributed by atoms with van der Waals surface area (Å²) in [5, 5.41) is 9.69. The third-order valence-corrected chi connectivity index (χ3v) is 4.33. The Morgan fingerprint density at radius 2 is 1.86 bits per heavy atom. The first-order chi connectivity index (χ1) is 14.0. The largest absolute Gasteiger partial charge is 0.478 e. The van der Waals surface area contributed by atoms with Crippen molar-refractivity contribution in [2.75, 3.05) is 0 Å². The van der Waals surface area contributed by atoms with Crippen LogP contribution >= 0.6 is 0 Å². The normalized spacial score (nSPS) is 11.2. The molecule has 142 valence electrons. The van der Waals surface area contributed by atoms with Crippen LogP contribution in [0.1, 0.15) is 21.7 Å². The maximum atomic E-state index is 13.4. The zero-order valence-electron chi connectivity index (χ0n) is 15.0. The molecule has 0 fully saturated rings. The number of rotatable bonds is 4. The number of carboxylic acid groups (broad SMARTS) is 1. The molecule has 0 aliphatic rings. The smallest absolute Gasteiger partial charge is 0.335 e. The van der Waals surface area contributed by atoms with Gasteiger partial charge in [0.25, 0.3) is 5.56 Å². The van der Waals surface area contributed by atoms with Crippen LogP contribution in [-0.4, -0.2) is 25.6 Å². The van der Waals surface area contributed by atoms with Crippen LogP contribution in [0.4, 0.5) is 4.39 Å². The highest BCUT2D eigenvalue weighted by molar-refractivity contribution is 5.88. The summed E-state index contributed by atoms with van der Waals surface area (Å²) < 4.78 is 14.7. The van der Waals surface area contributed by atoms with E-state index in [1.165, 1.54) is 29.0 Å². The monoisotopic (exact) mass is 387 g/mol. The highest BCUT2D eigenvalue weighted by Crippen LogP contribution is 2.17. The van der Waals surface area contributed by atoms with Crippen LogP contribution in [0.5, 0.6) is 0 Å². The number of carboxylic acids is 1. The number of aromatic carboxylic acids is 1. The van der Waals surface area contributed by atoms with Gasteiger partial charge in [-0.1, -0.05) is 24.3 Å². The molecule has 0 bridgehead atoms. The summed E-state index contributed by atoms with van der Waals surface area (Å²) in [6.07, 6.45) is 4.53. The van der Waals surface area contributed by atoms with Crippen molar-refractivity contribution >= 4 is 29.0 Å². The first-order valence-corrected chi connectivity index (χ1v) is 8.68. The van der Waals surface area contributed by atoms with Gasteiger partial charge in [0.05, 0.1) is 22.2 Å². The van der Waals surface area contributed by atoms with Gasteiger partial charge in [0, 0.05) is 12.3 Å². The molecule has 0 aliphatic carbocycles. The Hall–Kier alpha value is -4.13. The Bertz CT molecular complexity index is 1330. The van der Waals surface area contributed by atoms with Crippen LogP contribution in [-0.2, 0) is 0 Å². The molecule has 0 aliphatic heterocycles. The van der Waals surface area contributed by atoms with Gasteiger partial charge in [-0.15, -0.1) is 0 Å². The van der Waals surface area contributed by atoms with Crippen LogP contribution < -0.4 is 5.56 Å². The molecule has 1 N–H and O–H groups in total. The Kier molecular flexibility index (Phi) is 4.70. The van der Waals surface area contributed by atoms with Gasteiger partial charge in [0.1, 0.15) is 5.82 Å². The van der Waals surface area contributed by atoms with Crippen molar-refractivity contribution in [2.24, 2.45) is 0 Å². The molecule has 6 nitrogen and oxygen atoms in total. The van der Waals surface area contributed by atoms with Crippen LogP contribution in [0.25, 0.3) is 28.7 Å². The minimum absolute atomic E-state index is 0.0497. The maximum absolute atomic E-state index is 13.4. The zero-order valence-corrected chi connectivity index (χ0v) is 15.0. The summed E-state index contributed by atoms with van der Waals surface area (Å²) in [5.41, 5.74) is 1.13. The summed E-state index contributed by atoms with van der Waals surface area (Å²) >= 11 is 0. The van der Waals surface area contributed by atoms with Gasteiger partial charge in [0.15, 0.2) is 0 Å². The predicted molar refractivity (Wildman–Crippen MR) is 107 cm³/mol. The van der Waals surface area contributed by atoms with Crippen LogP contribution in [0.15, 0.2) is 71.7 Å². The number of benzene rings is 2. The molecule has 0 unspecified atom stereocenters. The highest BCUT2D eigenvalue weighted by Gasteiger charge is 2.13. The van der Waals surface area contributed by atoms with E-state index in [0.29, 0.717) is 22.2 Å². The average molecular weight is 387 g/mol. The van der Waals surface area contributed by atoms with Gasteiger partial charge in [0.2, 0.25) is 5.95 Å². The Morgan fingerprint density at radius 1 is 1.03 bits per heavy atom. The number of hydrogen-bond acceptors (Lipinski definition) is 4. The van der Waals surface area contributed by atoms with Gasteiger partial charge in [-0.2, -0.15) is 4.39 Å². The predicted octanol–water partition coefficient (Wildman–Crippen LogP) is 3.79. The number of hydrogen-bond donors (Lipinski definition) is 1. The number of aromatic nitrogens is 3. The SMILES string of the molecule is O=C(O)c1cccc(-n2c(/C=C/c3ccnc(F)c3)nc3ccccc3c2=O)c1. The summed E-state index contributed by atoms with van der Waals surface area (Å²) in [4.78, 5) is 32.6. The van der Waals surface area contributed by atoms with Gasteiger partial charge in [-0.25, -0.2) is 14.8 Å². The lowest BCUT2D eigenvalue weighted by Crippen LogP contribution is -2.22. The molecule has 0 spiro atoms. The molecule has 4 aromatic rings. The molecular weight excluding hydrogens is 373 g/mol. The Balaban J connectivity index is 1.95. The highest BCUT2D eigenvalue weighted by atomic mass is 19.1. The van der Waals surface area contributed by atoms with Crippen molar-refractivity contribution in [1.82, 2.24) is 14.5 Å². The maximum Gasteiger partial charge on any atom is 0.335 e. The molecule has 0 amide bonds. The number of fused-ring (bicyclic) bond motifs is 1. The third kappa shape index (κ3) is 3.66. The first-order valence-electron chi connectivity index (χ1n) is 8.68. The van der Waals surface area contributed by atoms with Gasteiger partial charge < -0.3 is 5.11 Å². The van der Waals surface area contributed by atoms with Crippen molar-refractivity contribution in [3.05, 3.63) is 100 Å². The molecule has 2 heterocycles. The minimum Gasteiger partial charge on any atom is -0.478 e. The molecule has 2 aromatic heterocycles. The van der Waals surface area contributed by atoms with E-state index in [0.717, 1.165) is 0 Å². The second-order valence-electron chi connectivity index (χ2n) is 6.23. The Labute approximate surface area is 164 Å². The molecule has 0 saturated heterocycles. The summed E-state index contributed by atoms with van der Waals surface area (Å²) in [7, 11) is 0. The fourth-order valence-corrected chi connectivity index (χ4v) is 2.98. The minimum atomic E-state index is -1.10. The molecule has 2 aromatic carbocycles. The van der Waals surface area contributed by atoms with Crippen molar-refractivity contribution in [1.29, 1.82) is 0 Å². The van der Waals surface area contributed by atoms with E-state index in [-0.39, 0.29) is 16.9 Å². The van der Waals surface area contributed by atoms with Crippen molar-refractivity contribution in [3.8, 4) is 5.69 Å². The van der Waals surface area contributed by atoms with Crippen LogP contribution in [0.2, 0.25) is 0 Å². The van der Waals surface area contributed by atoms with E-state index < -0.39 is 11.9 Å². The summed E-state index contributed by atoms with van der Waals surface area (Å²) in [5.74, 6) is -1.43. The molecule has 0 radical (unpaired) electrons. The molecule has 0 saturated carbocycles. The lowest BCUT2D eigenvalue weighted by atomic mass is 10.1. The lowest BCUT2D eigenvalue weighted by molar-refractivity contribution is 0.0697. The second-order valence-corrected chi connectivity index (χ2v) is 6.23. The van der Waals surface area contributed by atoms with Crippen LogP contribution in [0.3, 0.4) is 0 Å². The number of pyridine rings is 1. The fourth-order valence-electron chi connectivity index (χ4n) is 2.98. The number of carbonyl (C=O) groups is 1. The van der Waals surface area contributed by atoms with E-state index in [1.54, 1.807) is 54.6 Å². The van der Waals surface area contributed by atoms with E-state index in [4.69, 9.17) is 0 Å². The van der Waals surface area contributed by atoms with Crippen LogP contribution in [0, 0.1) is 5.95 Å². The summed E-state index contributed by atoms with van der Waals surface area (Å²) in [6.45, 7) is 0. The van der Waals surface area contributed by atoms with Crippen molar-refractivity contribution in [2.45, 2.75) is 0 Å². The van der Waals surface area contributed by atoms with Gasteiger partial charge >= 0.3 is 5.97 Å².